The van der Waals surface area contributed by atoms with Gasteiger partial charge in [-0.05, 0) is 64.7 Å². The van der Waals surface area contributed by atoms with Crippen LogP contribution in [0.2, 0.25) is 0 Å². The fraction of sp³-hybridized carbons (Fsp3) is 0.533. The highest BCUT2D eigenvalue weighted by Crippen LogP contribution is 2.51. The maximum absolute atomic E-state index is 11.1. The van der Waals surface area contributed by atoms with E-state index >= 15 is 0 Å². The van der Waals surface area contributed by atoms with Gasteiger partial charge in [0.15, 0.2) is 11.5 Å². The number of carbonyl (C=O) groups is 1. The molecular formula is C15H19BrO4. The zero-order chi connectivity index (χ0) is 14.9. The average molecular weight is 343 g/mol. The van der Waals surface area contributed by atoms with E-state index in [0.717, 1.165) is 28.4 Å². The Kier molecular flexibility index (Phi) is 4.58. The molecule has 1 aromatic carbocycles. The second kappa shape index (κ2) is 6.04. The first-order valence-corrected chi connectivity index (χ1v) is 7.41. The number of aliphatic carboxylic acids is 1. The van der Waals surface area contributed by atoms with Crippen LogP contribution in [0.5, 0.6) is 11.5 Å². The molecule has 0 spiro atoms. The molecule has 2 rings (SSSR count). The molecule has 1 unspecified atom stereocenters. The third kappa shape index (κ3) is 2.92. The van der Waals surface area contributed by atoms with Crippen LogP contribution in [0.15, 0.2) is 10.5 Å². The summed E-state index contributed by atoms with van der Waals surface area (Å²) in [4.78, 5) is 11.1. The van der Waals surface area contributed by atoms with E-state index in [1.54, 1.807) is 14.2 Å². The minimum atomic E-state index is -0.761. The van der Waals surface area contributed by atoms with E-state index in [0.29, 0.717) is 17.4 Å². The van der Waals surface area contributed by atoms with Crippen molar-refractivity contribution in [2.75, 3.05) is 14.2 Å². The van der Waals surface area contributed by atoms with Crippen LogP contribution in [0.4, 0.5) is 0 Å². The molecule has 0 amide bonds. The fourth-order valence-corrected chi connectivity index (χ4v) is 3.70. The number of hydrogen-bond acceptors (Lipinski definition) is 3. The summed E-state index contributed by atoms with van der Waals surface area (Å²) in [5.41, 5.74) is 2.07. The van der Waals surface area contributed by atoms with Gasteiger partial charge in [-0.15, -0.1) is 0 Å². The fourth-order valence-electron chi connectivity index (χ4n) is 2.73. The SMILES string of the molecule is COc1cc(C)c(C(CC(=O)O)C2CC2)c(Br)c1OC. The van der Waals surface area contributed by atoms with Gasteiger partial charge in [-0.3, -0.25) is 4.79 Å². The van der Waals surface area contributed by atoms with Crippen molar-refractivity contribution >= 4 is 21.9 Å². The summed E-state index contributed by atoms with van der Waals surface area (Å²) >= 11 is 3.57. The Balaban J connectivity index is 2.51. The van der Waals surface area contributed by atoms with E-state index in [9.17, 15) is 4.79 Å². The second-order valence-electron chi connectivity index (χ2n) is 5.20. The summed E-state index contributed by atoms with van der Waals surface area (Å²) in [6.07, 6.45) is 2.34. The molecule has 0 bridgehead atoms. The Morgan fingerprint density at radius 1 is 1.45 bits per heavy atom. The quantitative estimate of drug-likeness (QED) is 0.855. The van der Waals surface area contributed by atoms with Crippen LogP contribution in [0, 0.1) is 12.8 Å². The predicted octanol–water partition coefficient (Wildman–Crippen LogP) is 3.74. The number of rotatable bonds is 6. The first-order valence-electron chi connectivity index (χ1n) is 6.62. The van der Waals surface area contributed by atoms with Crippen molar-refractivity contribution in [1.82, 2.24) is 0 Å². The van der Waals surface area contributed by atoms with Gasteiger partial charge in [-0.1, -0.05) is 0 Å². The number of aryl methyl sites for hydroxylation is 1. The summed E-state index contributed by atoms with van der Waals surface area (Å²) in [6, 6.07) is 1.91. The van der Waals surface area contributed by atoms with Crippen LogP contribution in [0.3, 0.4) is 0 Å². The largest absolute Gasteiger partial charge is 0.493 e. The van der Waals surface area contributed by atoms with Crippen LogP contribution in [0.1, 0.15) is 36.3 Å². The third-order valence-corrected chi connectivity index (χ3v) is 4.60. The molecule has 0 aromatic heterocycles. The zero-order valence-electron chi connectivity index (χ0n) is 11.9. The Labute approximate surface area is 127 Å². The van der Waals surface area contributed by atoms with E-state index in [4.69, 9.17) is 14.6 Å². The lowest BCUT2D eigenvalue weighted by Crippen LogP contribution is -2.11. The molecule has 0 heterocycles. The average Bonchev–Trinajstić information content (AvgIpc) is 3.20. The highest BCUT2D eigenvalue weighted by Gasteiger charge is 2.36. The number of methoxy groups -OCH3 is 2. The van der Waals surface area contributed by atoms with Gasteiger partial charge < -0.3 is 14.6 Å². The minimum Gasteiger partial charge on any atom is -0.493 e. The molecule has 20 heavy (non-hydrogen) atoms. The molecule has 0 aliphatic heterocycles. The van der Waals surface area contributed by atoms with Crippen LogP contribution in [0.25, 0.3) is 0 Å². The van der Waals surface area contributed by atoms with Crippen molar-refractivity contribution < 1.29 is 19.4 Å². The van der Waals surface area contributed by atoms with Crippen molar-refractivity contribution in [1.29, 1.82) is 0 Å². The molecule has 4 nitrogen and oxygen atoms in total. The number of hydrogen-bond donors (Lipinski definition) is 1. The Bertz CT molecular complexity index is 523. The van der Waals surface area contributed by atoms with E-state index in [2.05, 4.69) is 15.9 Å². The normalized spacial score (nSPS) is 15.8. The van der Waals surface area contributed by atoms with Gasteiger partial charge in [0.05, 0.1) is 25.1 Å². The molecule has 0 radical (unpaired) electrons. The van der Waals surface area contributed by atoms with Gasteiger partial charge in [0.2, 0.25) is 0 Å². The summed E-state index contributed by atoms with van der Waals surface area (Å²) in [6.45, 7) is 1.99. The van der Waals surface area contributed by atoms with E-state index in [-0.39, 0.29) is 12.3 Å². The van der Waals surface area contributed by atoms with Gasteiger partial charge >= 0.3 is 5.97 Å². The highest BCUT2D eigenvalue weighted by atomic mass is 79.9. The van der Waals surface area contributed by atoms with Crippen LogP contribution < -0.4 is 9.47 Å². The first kappa shape index (κ1) is 15.2. The molecule has 1 saturated carbocycles. The van der Waals surface area contributed by atoms with Gasteiger partial charge in [-0.2, -0.15) is 0 Å². The highest BCUT2D eigenvalue weighted by molar-refractivity contribution is 9.10. The third-order valence-electron chi connectivity index (χ3n) is 3.81. The number of ether oxygens (including phenoxy) is 2. The molecular weight excluding hydrogens is 324 g/mol. The second-order valence-corrected chi connectivity index (χ2v) is 5.99. The van der Waals surface area contributed by atoms with Gasteiger partial charge in [-0.25, -0.2) is 0 Å². The first-order chi connectivity index (χ1) is 9.49. The maximum atomic E-state index is 11.1. The number of halogens is 1. The lowest BCUT2D eigenvalue weighted by atomic mass is 9.87. The lowest BCUT2D eigenvalue weighted by Gasteiger charge is -2.22. The van der Waals surface area contributed by atoms with E-state index in [1.165, 1.54) is 0 Å². The summed E-state index contributed by atoms with van der Waals surface area (Å²) in [5.74, 6) is 1.01. The topological polar surface area (TPSA) is 55.8 Å². The molecule has 1 aliphatic carbocycles. The van der Waals surface area contributed by atoms with Crippen LogP contribution in [-0.4, -0.2) is 25.3 Å². The van der Waals surface area contributed by atoms with Gasteiger partial charge in [0.25, 0.3) is 0 Å². The molecule has 1 fully saturated rings. The molecule has 1 aromatic rings. The van der Waals surface area contributed by atoms with Crippen molar-refractivity contribution in [2.24, 2.45) is 5.92 Å². The van der Waals surface area contributed by atoms with Gasteiger partial charge in [0, 0.05) is 0 Å². The smallest absolute Gasteiger partial charge is 0.303 e. The summed E-state index contributed by atoms with van der Waals surface area (Å²) < 4.78 is 11.5. The summed E-state index contributed by atoms with van der Waals surface area (Å²) in [7, 11) is 3.18. The lowest BCUT2D eigenvalue weighted by molar-refractivity contribution is -0.137. The van der Waals surface area contributed by atoms with Crippen molar-refractivity contribution in [3.63, 3.8) is 0 Å². The number of carboxylic acids is 1. The van der Waals surface area contributed by atoms with Crippen molar-refractivity contribution in [3.05, 3.63) is 21.7 Å². The van der Waals surface area contributed by atoms with Crippen LogP contribution >= 0.6 is 15.9 Å². The summed E-state index contributed by atoms with van der Waals surface area (Å²) in [5, 5.41) is 9.16. The van der Waals surface area contributed by atoms with Crippen molar-refractivity contribution in [3.8, 4) is 11.5 Å². The van der Waals surface area contributed by atoms with E-state index < -0.39 is 5.97 Å². The van der Waals surface area contributed by atoms with Crippen LogP contribution in [-0.2, 0) is 4.79 Å². The molecule has 0 saturated heterocycles. The Hall–Kier alpha value is -1.23. The molecule has 1 N–H and O–H groups in total. The molecule has 5 heteroatoms. The standard InChI is InChI=1S/C15H19BrO4/c1-8-6-11(19-2)15(20-3)14(16)13(8)10(7-12(17)18)9-4-5-9/h6,9-10H,4-5,7H2,1-3H3,(H,17,18). The molecule has 1 atom stereocenters. The monoisotopic (exact) mass is 342 g/mol. The molecule has 1 aliphatic rings. The number of carboxylic acid groups (broad SMARTS) is 1. The van der Waals surface area contributed by atoms with E-state index in [1.807, 2.05) is 13.0 Å². The molecule has 110 valence electrons. The number of benzene rings is 1. The Morgan fingerprint density at radius 2 is 2.10 bits per heavy atom. The van der Waals surface area contributed by atoms with Crippen molar-refractivity contribution in [2.45, 2.75) is 32.1 Å². The van der Waals surface area contributed by atoms with Gasteiger partial charge in [0.1, 0.15) is 0 Å². The maximum Gasteiger partial charge on any atom is 0.303 e. The zero-order valence-corrected chi connectivity index (χ0v) is 13.5. The minimum absolute atomic E-state index is 0.0293. The predicted molar refractivity (Wildman–Crippen MR) is 79.7 cm³/mol. The Morgan fingerprint density at radius 3 is 2.55 bits per heavy atom.